The molecule has 72 heavy (non-hydrogen) atoms. The van der Waals surface area contributed by atoms with Crippen LogP contribution in [0.3, 0.4) is 0 Å². The fourth-order valence-electron chi connectivity index (χ4n) is 6.90. The van der Waals surface area contributed by atoms with Crippen molar-refractivity contribution in [3.8, 4) is 67.9 Å². The van der Waals surface area contributed by atoms with Crippen LogP contribution in [-0.2, 0) is 10.1 Å². The van der Waals surface area contributed by atoms with Gasteiger partial charge in [-0.2, -0.15) is 26.3 Å². The number of rotatable bonds is 19. The molecule has 7 rings (SSSR count). The van der Waals surface area contributed by atoms with Gasteiger partial charge in [-0.1, -0.05) is 36.4 Å². The van der Waals surface area contributed by atoms with Gasteiger partial charge in [-0.25, -0.2) is 34.8 Å². The zero-order chi connectivity index (χ0) is 52.2. The minimum atomic E-state index is -5.92. The summed E-state index contributed by atoms with van der Waals surface area (Å²) >= 11 is 0. The van der Waals surface area contributed by atoms with Crippen molar-refractivity contribution in [2.75, 3.05) is 39.6 Å². The fourth-order valence-corrected chi connectivity index (χ4v) is 7.52. The van der Waals surface area contributed by atoms with Crippen LogP contribution in [0.15, 0.2) is 95.9 Å². The van der Waals surface area contributed by atoms with Gasteiger partial charge in [-0.15, -0.1) is 0 Å². The molecule has 0 unspecified atom stereocenters. The lowest BCUT2D eigenvalue weighted by atomic mass is 9.93. The summed E-state index contributed by atoms with van der Waals surface area (Å²) in [5.74, 6) is -25.8. The van der Waals surface area contributed by atoms with Gasteiger partial charge >= 0.3 is 0 Å². The van der Waals surface area contributed by atoms with Crippen LogP contribution < -0.4 is 28.4 Å². The van der Waals surface area contributed by atoms with Crippen LogP contribution in [0.2, 0.25) is 0 Å². The molecule has 378 valence electrons. The van der Waals surface area contributed by atoms with E-state index >= 15 is 0 Å². The van der Waals surface area contributed by atoms with E-state index in [4.69, 9.17) is 28.4 Å². The summed E-state index contributed by atoms with van der Waals surface area (Å²) in [7, 11) is -5.92. The van der Waals surface area contributed by atoms with Crippen LogP contribution >= 0.6 is 0 Å². The van der Waals surface area contributed by atoms with Gasteiger partial charge in [0.25, 0.3) is 0 Å². The summed E-state index contributed by atoms with van der Waals surface area (Å²) in [6, 6.07) is 24.9. The molecule has 0 fully saturated rings. The summed E-state index contributed by atoms with van der Waals surface area (Å²) < 4.78 is 235. The van der Waals surface area contributed by atoms with Gasteiger partial charge in [0.05, 0.1) is 0 Å². The Kier molecular flexibility index (Phi) is 15.8. The maximum atomic E-state index is 14.4. The van der Waals surface area contributed by atoms with E-state index in [1.807, 2.05) is 18.2 Å². The van der Waals surface area contributed by atoms with E-state index in [1.165, 1.54) is 12.1 Å². The molecule has 0 saturated carbocycles. The monoisotopic (exact) mass is 1040 g/mol. The third-order valence-corrected chi connectivity index (χ3v) is 11.5. The number of halogens is 12. The first kappa shape index (κ1) is 52.2. The van der Waals surface area contributed by atoms with Crippen molar-refractivity contribution >= 4 is 10.1 Å². The maximum absolute atomic E-state index is 14.4. The summed E-state index contributed by atoms with van der Waals surface area (Å²) in [6.45, 7) is -0.896. The van der Waals surface area contributed by atoms with Crippen LogP contribution in [0.1, 0.15) is 11.1 Å². The van der Waals surface area contributed by atoms with E-state index in [2.05, 4.69) is 0 Å². The summed E-state index contributed by atoms with van der Waals surface area (Å²) in [5, 5.41) is 0. The molecule has 0 aliphatic carbocycles. The number of hydrogen-bond acceptors (Lipinski definition) is 9. The van der Waals surface area contributed by atoms with E-state index in [1.54, 1.807) is 60.7 Å². The predicted octanol–water partition coefficient (Wildman–Crippen LogP) is 12.3. The Morgan fingerprint density at radius 1 is 0.333 bits per heavy atom. The quantitative estimate of drug-likeness (QED) is 0.0338. The molecule has 0 saturated heterocycles. The van der Waals surface area contributed by atoms with Gasteiger partial charge in [-0.05, 0) is 102 Å². The molecule has 9 nitrogen and oxygen atoms in total. The molecule has 0 heterocycles. The minimum Gasteiger partial charge on any atom is -0.744 e. The van der Waals surface area contributed by atoms with Gasteiger partial charge in [0.15, 0.2) is 52.2 Å². The van der Waals surface area contributed by atoms with Gasteiger partial charge in [0.2, 0.25) is 34.9 Å². The highest BCUT2D eigenvalue weighted by Gasteiger charge is 2.30. The van der Waals surface area contributed by atoms with Crippen molar-refractivity contribution in [2.24, 2.45) is 0 Å². The second kappa shape index (κ2) is 21.8. The number of ether oxygens (including phenoxy) is 6. The molecule has 0 aromatic heterocycles. The first-order chi connectivity index (χ1) is 34.2. The lowest BCUT2D eigenvalue weighted by Gasteiger charge is -2.15. The van der Waals surface area contributed by atoms with Crippen LogP contribution in [0.4, 0.5) is 52.7 Å². The van der Waals surface area contributed by atoms with E-state index < -0.39 is 140 Å². The molecular weight excluding hydrogens is 1000 g/mol. The minimum absolute atomic E-state index is 0.203. The second-order valence-corrected chi connectivity index (χ2v) is 16.6. The van der Waals surface area contributed by atoms with Crippen molar-refractivity contribution in [3.05, 3.63) is 172 Å². The average molecular weight is 1040 g/mol. The number of benzene rings is 7. The molecule has 0 spiro atoms. The smallest absolute Gasteiger partial charge is 0.205 e. The van der Waals surface area contributed by atoms with Crippen LogP contribution in [-0.4, -0.2) is 52.6 Å². The Bertz CT molecular complexity index is 3040. The highest BCUT2D eigenvalue weighted by Crippen LogP contribution is 2.37. The highest BCUT2D eigenvalue weighted by atomic mass is 32.2. The largest absolute Gasteiger partial charge is 0.744 e. The van der Waals surface area contributed by atoms with Crippen molar-refractivity contribution in [3.63, 3.8) is 0 Å². The van der Waals surface area contributed by atoms with E-state index in [-0.39, 0.29) is 19.0 Å². The highest BCUT2D eigenvalue weighted by molar-refractivity contribution is 7.85. The first-order valence-electron chi connectivity index (χ1n) is 20.9. The van der Waals surface area contributed by atoms with Gasteiger partial charge in [-0.3, -0.25) is 0 Å². The van der Waals surface area contributed by atoms with E-state index in [0.29, 0.717) is 44.9 Å². The molecule has 22 heteroatoms. The fraction of sp³-hybridized carbons (Fsp3) is 0.160. The Balaban J connectivity index is 1.06. The standard InChI is InChI=1S/C50H34F12O9S/c1-24-35(51)39(55)47(40(56)36(24)52)69-18-15-66-32-9-3-26(4-10-32)29-21-30(27-5-11-33(12-6-27)67-16-19-70-48-41(57)37(53)25(2)38(54)42(48)58)23-31(22-29)28-7-13-34(14-8-28)68-17-20-71-49-43(59)45(61)50(72(63,64)65)46(62)44(49)60/h3-14,21-23H,15-20H2,1-2H3,(H,63,64,65)/p-1. The molecule has 0 N–H and O–H groups in total. The summed E-state index contributed by atoms with van der Waals surface area (Å²) in [6.07, 6.45) is 0. The first-order valence-corrected chi connectivity index (χ1v) is 22.3. The average Bonchev–Trinajstić information content (AvgIpc) is 3.37. The zero-order valence-corrected chi connectivity index (χ0v) is 37.8. The lowest BCUT2D eigenvalue weighted by Crippen LogP contribution is -2.15. The molecule has 0 aliphatic rings. The number of hydrogen-bond donors (Lipinski definition) is 0. The molecule has 7 aromatic carbocycles. The predicted molar refractivity (Wildman–Crippen MR) is 232 cm³/mol. The summed E-state index contributed by atoms with van der Waals surface area (Å²) in [4.78, 5) is -2.33. The Hall–Kier alpha value is -7.59. The molecule has 0 amide bonds. The van der Waals surface area contributed by atoms with Gasteiger partial charge in [0, 0.05) is 11.1 Å². The van der Waals surface area contributed by atoms with Gasteiger partial charge in [0.1, 0.15) is 71.9 Å². The zero-order valence-electron chi connectivity index (χ0n) is 37.0. The molecule has 0 radical (unpaired) electrons. The van der Waals surface area contributed by atoms with Crippen LogP contribution in [0.5, 0.6) is 34.5 Å². The van der Waals surface area contributed by atoms with Crippen LogP contribution in [0.25, 0.3) is 33.4 Å². The summed E-state index contributed by atoms with van der Waals surface area (Å²) in [5.41, 5.74) is 2.25. The van der Waals surface area contributed by atoms with E-state index in [0.717, 1.165) is 13.8 Å². The third-order valence-electron chi connectivity index (χ3n) is 10.6. The van der Waals surface area contributed by atoms with Crippen LogP contribution in [0, 0.1) is 83.7 Å². The van der Waals surface area contributed by atoms with Crippen molar-refractivity contribution in [1.29, 1.82) is 0 Å². The molecule has 0 aliphatic heterocycles. The van der Waals surface area contributed by atoms with Crippen molar-refractivity contribution < 1.29 is 94.1 Å². The normalized spacial score (nSPS) is 11.4. The Morgan fingerprint density at radius 3 is 0.792 bits per heavy atom. The van der Waals surface area contributed by atoms with Crippen molar-refractivity contribution in [1.82, 2.24) is 0 Å². The Labute approximate surface area is 401 Å². The molecule has 0 bridgehead atoms. The van der Waals surface area contributed by atoms with Gasteiger partial charge < -0.3 is 33.0 Å². The molecule has 0 atom stereocenters. The topological polar surface area (TPSA) is 113 Å². The second-order valence-electron chi connectivity index (χ2n) is 15.3. The SMILES string of the molecule is Cc1c(F)c(F)c(OCCOc2ccc(-c3cc(-c4ccc(OCCOc5c(F)c(F)c(C)c(F)c5F)cc4)cc(-c4ccc(OCCOc5c(F)c(F)c(S(=O)(=O)[O-])c(F)c5F)cc4)c3)cc2)c(F)c1F. The Morgan fingerprint density at radius 2 is 0.556 bits per heavy atom. The lowest BCUT2D eigenvalue weighted by molar-refractivity contribution is 0.199. The van der Waals surface area contributed by atoms with E-state index in [9.17, 15) is 65.7 Å². The third kappa shape index (κ3) is 11.1. The van der Waals surface area contributed by atoms with Crippen molar-refractivity contribution in [2.45, 2.75) is 18.7 Å². The maximum Gasteiger partial charge on any atom is 0.205 e. The molecular formula is C50H33F12O9S-. The molecule has 7 aromatic rings.